The molecule has 0 saturated heterocycles. The fraction of sp³-hybridized carbons (Fsp3) is 0.375. The molecular formula is C24H30N4O3. The first-order valence-electron chi connectivity index (χ1n) is 10.5. The first-order valence-corrected chi connectivity index (χ1v) is 10.5. The summed E-state index contributed by atoms with van der Waals surface area (Å²) in [5.41, 5.74) is 10.5. The standard InChI is InChI=1S/C24H30N4O3/c1-4-5-10-22(29)28(23(17(2)3)24(30)31)16-18-11-13-19(14-12-18)21-9-7-6-8-20(21)15-26-27-25/h6-9,11-15,17,23,25H,4-5,10,16H2,1-3H3,(H,30,31)/b26-15+,27-25?. The lowest BCUT2D eigenvalue weighted by Gasteiger charge is -2.32. The van der Waals surface area contributed by atoms with Gasteiger partial charge in [0.2, 0.25) is 5.91 Å². The number of hydrogen-bond donors (Lipinski definition) is 2. The van der Waals surface area contributed by atoms with E-state index in [1.54, 1.807) is 0 Å². The Hall–Kier alpha value is -3.35. The average molecular weight is 423 g/mol. The molecule has 7 heteroatoms. The fourth-order valence-corrected chi connectivity index (χ4v) is 3.54. The SMILES string of the molecule is CCCCC(=O)N(Cc1ccc(-c2ccccc2/C=N/N=N)cc1)C(C(=O)O)C(C)C. The van der Waals surface area contributed by atoms with Crippen LogP contribution in [0.15, 0.2) is 58.9 Å². The maximum Gasteiger partial charge on any atom is 0.326 e. The van der Waals surface area contributed by atoms with Crippen LogP contribution < -0.4 is 0 Å². The predicted molar refractivity (Wildman–Crippen MR) is 121 cm³/mol. The molecule has 2 aromatic rings. The first-order chi connectivity index (χ1) is 14.9. The molecule has 0 bridgehead atoms. The average Bonchev–Trinajstić information content (AvgIpc) is 2.75. The molecule has 0 radical (unpaired) electrons. The van der Waals surface area contributed by atoms with Gasteiger partial charge < -0.3 is 10.0 Å². The highest BCUT2D eigenvalue weighted by molar-refractivity contribution is 5.90. The summed E-state index contributed by atoms with van der Waals surface area (Å²) in [6.45, 7) is 5.90. The van der Waals surface area contributed by atoms with E-state index in [4.69, 9.17) is 5.53 Å². The van der Waals surface area contributed by atoms with Crippen molar-refractivity contribution in [3.63, 3.8) is 0 Å². The van der Waals surface area contributed by atoms with Crippen LogP contribution in [-0.4, -0.2) is 34.1 Å². The van der Waals surface area contributed by atoms with Crippen LogP contribution in [0.2, 0.25) is 0 Å². The Morgan fingerprint density at radius 2 is 1.81 bits per heavy atom. The molecule has 0 aliphatic heterocycles. The van der Waals surface area contributed by atoms with E-state index in [2.05, 4.69) is 10.3 Å². The number of nitrogens with zero attached hydrogens (tertiary/aromatic N) is 3. The Morgan fingerprint density at radius 1 is 1.13 bits per heavy atom. The topological polar surface area (TPSA) is 106 Å². The minimum atomic E-state index is -0.982. The second-order valence-electron chi connectivity index (χ2n) is 7.78. The molecule has 1 atom stereocenters. The van der Waals surface area contributed by atoms with Crippen molar-refractivity contribution in [3.05, 3.63) is 59.7 Å². The third-order valence-electron chi connectivity index (χ3n) is 5.12. The maximum absolute atomic E-state index is 12.8. The quantitative estimate of drug-likeness (QED) is 0.290. The van der Waals surface area contributed by atoms with Crippen molar-refractivity contribution in [1.82, 2.24) is 4.90 Å². The number of aliphatic carboxylic acids is 1. The Kier molecular flexibility index (Phi) is 9.06. The number of carbonyl (C=O) groups excluding carboxylic acids is 1. The molecule has 2 N–H and O–H groups in total. The molecule has 0 aliphatic rings. The van der Waals surface area contributed by atoms with Crippen molar-refractivity contribution in [3.8, 4) is 11.1 Å². The van der Waals surface area contributed by atoms with E-state index in [1.165, 1.54) is 11.1 Å². The molecule has 0 heterocycles. The third-order valence-corrected chi connectivity index (χ3v) is 5.12. The summed E-state index contributed by atoms with van der Waals surface area (Å²) in [4.78, 5) is 26.2. The number of unbranched alkanes of at least 4 members (excludes halogenated alkanes) is 1. The molecule has 0 saturated carbocycles. The number of benzene rings is 2. The van der Waals surface area contributed by atoms with E-state index >= 15 is 0 Å². The molecule has 7 nitrogen and oxygen atoms in total. The zero-order valence-corrected chi connectivity index (χ0v) is 18.3. The summed E-state index contributed by atoms with van der Waals surface area (Å²) in [5.74, 6) is -1.31. The number of nitrogens with one attached hydrogen (secondary N) is 1. The predicted octanol–water partition coefficient (Wildman–Crippen LogP) is 5.35. The number of carboxylic acid groups (broad SMARTS) is 1. The number of amides is 1. The summed E-state index contributed by atoms with van der Waals surface area (Å²) in [5, 5.41) is 16.4. The monoisotopic (exact) mass is 422 g/mol. The highest BCUT2D eigenvalue weighted by Crippen LogP contribution is 2.24. The lowest BCUT2D eigenvalue weighted by atomic mass is 9.98. The van der Waals surface area contributed by atoms with Crippen molar-refractivity contribution in [2.24, 2.45) is 16.2 Å². The van der Waals surface area contributed by atoms with E-state index in [-0.39, 0.29) is 18.4 Å². The highest BCUT2D eigenvalue weighted by atomic mass is 16.4. The molecule has 1 unspecified atom stereocenters. The van der Waals surface area contributed by atoms with Gasteiger partial charge in [-0.05, 0) is 29.0 Å². The lowest BCUT2D eigenvalue weighted by Crippen LogP contribution is -2.47. The number of hydrogen-bond acceptors (Lipinski definition) is 4. The second kappa shape index (κ2) is 11.7. The fourth-order valence-electron chi connectivity index (χ4n) is 3.54. The Labute approximate surface area is 183 Å². The molecule has 31 heavy (non-hydrogen) atoms. The van der Waals surface area contributed by atoms with E-state index in [1.807, 2.05) is 69.3 Å². The Morgan fingerprint density at radius 3 is 2.39 bits per heavy atom. The normalized spacial score (nSPS) is 12.1. The van der Waals surface area contributed by atoms with Crippen molar-refractivity contribution >= 4 is 18.1 Å². The Bertz CT molecular complexity index is 923. The molecule has 0 spiro atoms. The number of rotatable bonds is 11. The van der Waals surface area contributed by atoms with Crippen LogP contribution in [0, 0.1) is 11.4 Å². The zero-order valence-electron chi connectivity index (χ0n) is 18.3. The van der Waals surface area contributed by atoms with Gasteiger partial charge in [0.05, 0.1) is 6.21 Å². The van der Waals surface area contributed by atoms with E-state index in [0.717, 1.165) is 35.1 Å². The van der Waals surface area contributed by atoms with Gasteiger partial charge in [-0.2, -0.15) is 5.53 Å². The van der Waals surface area contributed by atoms with Gasteiger partial charge in [0.15, 0.2) is 0 Å². The second-order valence-corrected chi connectivity index (χ2v) is 7.78. The van der Waals surface area contributed by atoms with E-state index < -0.39 is 12.0 Å². The molecule has 2 aromatic carbocycles. The maximum atomic E-state index is 12.8. The summed E-state index contributed by atoms with van der Waals surface area (Å²) in [6.07, 6.45) is 3.49. The van der Waals surface area contributed by atoms with Crippen LogP contribution in [0.1, 0.15) is 51.2 Å². The van der Waals surface area contributed by atoms with Crippen LogP contribution >= 0.6 is 0 Å². The van der Waals surface area contributed by atoms with Gasteiger partial charge in [-0.25, -0.2) is 4.79 Å². The molecule has 164 valence electrons. The van der Waals surface area contributed by atoms with Gasteiger partial charge in [0.25, 0.3) is 0 Å². The van der Waals surface area contributed by atoms with E-state index in [9.17, 15) is 14.7 Å². The van der Waals surface area contributed by atoms with Crippen LogP contribution in [0.4, 0.5) is 0 Å². The van der Waals surface area contributed by atoms with Crippen LogP contribution in [-0.2, 0) is 16.1 Å². The smallest absolute Gasteiger partial charge is 0.326 e. The van der Waals surface area contributed by atoms with Gasteiger partial charge in [0.1, 0.15) is 6.04 Å². The first kappa shape index (κ1) is 23.9. The Balaban J connectivity index is 2.31. The largest absolute Gasteiger partial charge is 0.480 e. The minimum absolute atomic E-state index is 0.132. The van der Waals surface area contributed by atoms with Crippen molar-refractivity contribution in [1.29, 1.82) is 5.53 Å². The van der Waals surface area contributed by atoms with Gasteiger partial charge >= 0.3 is 5.97 Å². The zero-order chi connectivity index (χ0) is 22.8. The number of carbonyl (C=O) groups is 2. The third kappa shape index (κ3) is 6.57. The van der Waals surface area contributed by atoms with E-state index in [0.29, 0.717) is 6.42 Å². The molecule has 0 fully saturated rings. The molecular weight excluding hydrogens is 392 g/mol. The molecule has 1 amide bonds. The van der Waals surface area contributed by atoms with Crippen LogP contribution in [0.5, 0.6) is 0 Å². The summed E-state index contributed by atoms with van der Waals surface area (Å²) in [6, 6.07) is 14.5. The van der Waals surface area contributed by atoms with Crippen molar-refractivity contribution in [2.75, 3.05) is 0 Å². The van der Waals surface area contributed by atoms with Crippen LogP contribution in [0.3, 0.4) is 0 Å². The molecule has 0 aliphatic carbocycles. The lowest BCUT2D eigenvalue weighted by molar-refractivity contribution is -0.153. The van der Waals surface area contributed by atoms with Gasteiger partial charge in [-0.3, -0.25) is 4.79 Å². The van der Waals surface area contributed by atoms with Crippen LogP contribution in [0.25, 0.3) is 11.1 Å². The van der Waals surface area contributed by atoms with Gasteiger partial charge in [0, 0.05) is 18.5 Å². The number of carboxylic acids is 1. The summed E-state index contributed by atoms with van der Waals surface area (Å²) in [7, 11) is 0. The van der Waals surface area contributed by atoms with Gasteiger partial charge in [-0.15, -0.1) is 5.10 Å². The van der Waals surface area contributed by atoms with Crippen molar-refractivity contribution < 1.29 is 14.7 Å². The summed E-state index contributed by atoms with van der Waals surface area (Å²) >= 11 is 0. The minimum Gasteiger partial charge on any atom is -0.480 e. The van der Waals surface area contributed by atoms with Gasteiger partial charge in [-0.1, -0.05) is 80.9 Å². The van der Waals surface area contributed by atoms with Crippen molar-refractivity contribution in [2.45, 2.75) is 52.6 Å². The summed E-state index contributed by atoms with van der Waals surface area (Å²) < 4.78 is 0. The molecule has 0 aromatic heterocycles. The molecule has 2 rings (SSSR count). The highest BCUT2D eigenvalue weighted by Gasteiger charge is 2.32.